The summed E-state index contributed by atoms with van der Waals surface area (Å²) in [5.74, 6) is -0.764. The molecule has 0 aromatic heterocycles. The summed E-state index contributed by atoms with van der Waals surface area (Å²) in [6.45, 7) is 5.99. The lowest BCUT2D eigenvalue weighted by Crippen LogP contribution is -2.64. The van der Waals surface area contributed by atoms with Crippen molar-refractivity contribution < 1.29 is 9.59 Å². The Labute approximate surface area is 242 Å². The molecule has 5 heteroatoms. The molecule has 2 saturated heterocycles. The molecule has 4 aromatic carbocycles. The Kier molecular flexibility index (Phi) is 7.22. The average Bonchev–Trinajstić information content (AvgIpc) is 2.98. The van der Waals surface area contributed by atoms with Crippen molar-refractivity contribution in [3.63, 3.8) is 0 Å². The maximum Gasteiger partial charge on any atom is 0.318 e. The molecule has 6 unspecified atom stereocenters. The first kappa shape index (κ1) is 27.0. The van der Waals surface area contributed by atoms with Gasteiger partial charge in [0, 0.05) is 17.6 Å². The van der Waals surface area contributed by atoms with Gasteiger partial charge in [0.1, 0.15) is 5.78 Å². The summed E-state index contributed by atoms with van der Waals surface area (Å²) in [4.78, 5) is 31.5. The van der Waals surface area contributed by atoms with Crippen LogP contribution in [0.2, 0.25) is 0 Å². The summed E-state index contributed by atoms with van der Waals surface area (Å²) in [6.07, 6.45) is 0. The van der Waals surface area contributed by atoms with Gasteiger partial charge in [0.15, 0.2) is 0 Å². The highest BCUT2D eigenvalue weighted by Crippen LogP contribution is 2.56. The highest BCUT2D eigenvalue weighted by atomic mass is 16.2. The number of amides is 2. The van der Waals surface area contributed by atoms with Crippen molar-refractivity contribution in [3.05, 3.63) is 144 Å². The predicted octanol–water partition coefficient (Wildman–Crippen LogP) is 7.18. The number of carbonyl (C=O) groups is 2. The first-order valence-corrected chi connectivity index (χ1v) is 14.4. The van der Waals surface area contributed by atoms with Crippen molar-refractivity contribution in [1.82, 2.24) is 15.5 Å². The number of nitrogens with one attached hydrogen (secondary N) is 2. The zero-order valence-electron chi connectivity index (χ0n) is 23.8. The smallest absolute Gasteiger partial charge is 0.318 e. The van der Waals surface area contributed by atoms with Gasteiger partial charge in [-0.05, 0) is 43.0 Å². The highest BCUT2D eigenvalue weighted by Gasteiger charge is 2.59. The summed E-state index contributed by atoms with van der Waals surface area (Å²) >= 11 is 0. The Balaban J connectivity index is 1.62. The van der Waals surface area contributed by atoms with Gasteiger partial charge in [-0.3, -0.25) is 4.79 Å². The fraction of sp³-hybridized carbons (Fsp3) is 0.278. The summed E-state index contributed by atoms with van der Waals surface area (Å²) < 4.78 is 0. The number of fused-ring (bicyclic) bond motifs is 2. The minimum Gasteiger partial charge on any atom is -0.333 e. The number of piperidine rings is 2. The topological polar surface area (TPSA) is 61.4 Å². The summed E-state index contributed by atoms with van der Waals surface area (Å²) in [5.41, 5.74) is 3.54. The minimum absolute atomic E-state index is 0.164. The van der Waals surface area contributed by atoms with Gasteiger partial charge in [-0.15, -0.1) is 0 Å². The zero-order valence-corrected chi connectivity index (χ0v) is 23.8. The second kappa shape index (κ2) is 11.0. The quantitative estimate of drug-likeness (QED) is 0.287. The van der Waals surface area contributed by atoms with Gasteiger partial charge in [-0.1, -0.05) is 121 Å². The van der Waals surface area contributed by atoms with Crippen LogP contribution in [0.1, 0.15) is 67.2 Å². The highest BCUT2D eigenvalue weighted by molar-refractivity contribution is 5.91. The van der Waals surface area contributed by atoms with E-state index in [2.05, 4.69) is 34.9 Å². The van der Waals surface area contributed by atoms with E-state index in [1.165, 1.54) is 0 Å². The van der Waals surface area contributed by atoms with Crippen molar-refractivity contribution in [2.24, 2.45) is 11.8 Å². The Bertz CT molecular complexity index is 1390. The third kappa shape index (κ3) is 5.18. The number of ketones is 1. The number of likely N-dealkylation sites (tertiary alicyclic amines) is 1. The standard InChI is InChI=1S/C36H37N3O2/c1-36(2,3)38-35(41)39-32(26-20-12-6-13-21-26)28-30(24-16-8-4-9-17-24)37-31(25-18-10-5-11-19-25)29(34(28)40)33(39)27-22-14-7-15-23-27/h4-23,28-33,37H,1-3H3,(H,38,41). The van der Waals surface area contributed by atoms with E-state index in [9.17, 15) is 9.59 Å². The molecular formula is C36H37N3O2. The van der Waals surface area contributed by atoms with Gasteiger partial charge in [0.2, 0.25) is 0 Å². The van der Waals surface area contributed by atoms with Gasteiger partial charge in [0.25, 0.3) is 0 Å². The van der Waals surface area contributed by atoms with E-state index in [1.54, 1.807) is 0 Å². The van der Waals surface area contributed by atoms with E-state index < -0.39 is 29.5 Å². The SMILES string of the molecule is CC(C)(C)NC(=O)N1C(c2ccccc2)C2C(=O)C(C(c3ccccc3)NC2c2ccccc2)C1c1ccccc1. The molecule has 2 amide bonds. The van der Waals surface area contributed by atoms with Crippen LogP contribution in [0.5, 0.6) is 0 Å². The number of urea groups is 1. The second-order valence-corrected chi connectivity index (χ2v) is 12.2. The van der Waals surface area contributed by atoms with Crippen LogP contribution in [0.15, 0.2) is 121 Å². The first-order chi connectivity index (χ1) is 19.8. The normalized spacial score (nSPS) is 25.9. The summed E-state index contributed by atoms with van der Waals surface area (Å²) in [5, 5.41) is 7.20. The first-order valence-electron chi connectivity index (χ1n) is 14.4. The monoisotopic (exact) mass is 543 g/mol. The molecule has 208 valence electrons. The van der Waals surface area contributed by atoms with Gasteiger partial charge < -0.3 is 15.5 Å². The van der Waals surface area contributed by atoms with E-state index in [4.69, 9.17) is 0 Å². The van der Waals surface area contributed by atoms with E-state index in [0.29, 0.717) is 0 Å². The largest absolute Gasteiger partial charge is 0.333 e. The van der Waals surface area contributed by atoms with Crippen LogP contribution >= 0.6 is 0 Å². The van der Waals surface area contributed by atoms with Crippen molar-refractivity contribution >= 4 is 11.8 Å². The van der Waals surface area contributed by atoms with Gasteiger partial charge in [-0.2, -0.15) is 0 Å². The fourth-order valence-corrected chi connectivity index (χ4v) is 6.75. The number of nitrogens with zero attached hydrogens (tertiary/aromatic N) is 1. The van der Waals surface area contributed by atoms with Gasteiger partial charge >= 0.3 is 6.03 Å². The van der Waals surface area contributed by atoms with Crippen LogP contribution in [0.4, 0.5) is 4.79 Å². The molecule has 0 radical (unpaired) electrons. The predicted molar refractivity (Wildman–Crippen MR) is 162 cm³/mol. The lowest BCUT2D eigenvalue weighted by molar-refractivity contribution is -0.146. The number of rotatable bonds is 4. The Hall–Kier alpha value is -4.22. The number of carbonyl (C=O) groups excluding carboxylic acids is 2. The maximum atomic E-state index is 15.0. The molecule has 0 spiro atoms. The van der Waals surface area contributed by atoms with Gasteiger partial charge in [0.05, 0.1) is 23.9 Å². The lowest BCUT2D eigenvalue weighted by Gasteiger charge is -2.57. The van der Waals surface area contributed by atoms with E-state index >= 15 is 0 Å². The van der Waals surface area contributed by atoms with Crippen LogP contribution < -0.4 is 10.6 Å². The van der Waals surface area contributed by atoms with E-state index in [1.807, 2.05) is 123 Å². The number of Topliss-reactive ketones (excluding diaryl/α,β-unsaturated/α-hetero) is 1. The maximum absolute atomic E-state index is 15.0. The molecule has 2 fully saturated rings. The molecule has 2 aliphatic rings. The number of hydrogen-bond donors (Lipinski definition) is 2. The third-order valence-electron chi connectivity index (χ3n) is 8.33. The second-order valence-electron chi connectivity index (χ2n) is 12.2. The molecule has 6 atom stereocenters. The van der Waals surface area contributed by atoms with Crippen LogP contribution in [0.3, 0.4) is 0 Å². The third-order valence-corrected chi connectivity index (χ3v) is 8.33. The fourth-order valence-electron chi connectivity index (χ4n) is 6.75. The number of benzene rings is 4. The van der Waals surface area contributed by atoms with Gasteiger partial charge in [-0.25, -0.2) is 4.79 Å². The van der Waals surface area contributed by atoms with Crippen molar-refractivity contribution in [2.45, 2.75) is 50.5 Å². The zero-order chi connectivity index (χ0) is 28.6. The molecule has 4 aromatic rings. The molecule has 0 aliphatic carbocycles. The van der Waals surface area contributed by atoms with Crippen LogP contribution in [-0.2, 0) is 4.79 Å². The van der Waals surface area contributed by atoms with Crippen molar-refractivity contribution in [3.8, 4) is 0 Å². The molecule has 5 nitrogen and oxygen atoms in total. The molecule has 41 heavy (non-hydrogen) atoms. The molecule has 2 heterocycles. The molecule has 0 saturated carbocycles. The minimum atomic E-state index is -0.476. The summed E-state index contributed by atoms with van der Waals surface area (Å²) in [7, 11) is 0. The molecule has 2 N–H and O–H groups in total. The van der Waals surface area contributed by atoms with Crippen LogP contribution in [0.25, 0.3) is 0 Å². The molecule has 2 aliphatic heterocycles. The molecule has 6 rings (SSSR count). The Morgan fingerprint density at radius 2 is 0.951 bits per heavy atom. The molecule has 2 bridgehead atoms. The summed E-state index contributed by atoms with van der Waals surface area (Å²) in [6, 6.07) is 38.8. The van der Waals surface area contributed by atoms with Crippen LogP contribution in [-0.4, -0.2) is 22.3 Å². The van der Waals surface area contributed by atoms with Crippen molar-refractivity contribution in [2.75, 3.05) is 0 Å². The average molecular weight is 544 g/mol. The van der Waals surface area contributed by atoms with Crippen LogP contribution in [0, 0.1) is 11.8 Å². The molecular weight excluding hydrogens is 506 g/mol. The van der Waals surface area contributed by atoms with E-state index in [-0.39, 0.29) is 23.9 Å². The van der Waals surface area contributed by atoms with Crippen molar-refractivity contribution in [1.29, 1.82) is 0 Å². The Morgan fingerprint density at radius 3 is 1.29 bits per heavy atom. The number of hydrogen-bond acceptors (Lipinski definition) is 3. The lowest BCUT2D eigenvalue weighted by atomic mass is 9.63. The Morgan fingerprint density at radius 1 is 0.610 bits per heavy atom. The van der Waals surface area contributed by atoms with E-state index in [0.717, 1.165) is 22.3 Å².